The number of nitriles is 1. The van der Waals surface area contributed by atoms with Crippen molar-refractivity contribution in [1.82, 2.24) is 4.90 Å². The summed E-state index contributed by atoms with van der Waals surface area (Å²) in [6.45, 7) is 0.794. The van der Waals surface area contributed by atoms with E-state index in [1.807, 2.05) is 24.3 Å². The Hall–Kier alpha value is -2.22. The second-order valence-corrected chi connectivity index (χ2v) is 8.65. The summed E-state index contributed by atoms with van der Waals surface area (Å²) < 4.78 is 5.37. The van der Waals surface area contributed by atoms with Crippen LogP contribution in [0, 0.1) is 29.1 Å². The highest BCUT2D eigenvalue weighted by Gasteiger charge is 2.54. The van der Waals surface area contributed by atoms with Crippen molar-refractivity contribution in [3.05, 3.63) is 24.3 Å². The van der Waals surface area contributed by atoms with Crippen molar-refractivity contribution < 1.29 is 9.53 Å². The lowest BCUT2D eigenvalue weighted by molar-refractivity contribution is -0.148. The lowest BCUT2D eigenvalue weighted by Gasteiger charge is -2.60. The zero-order valence-electron chi connectivity index (χ0n) is 16.1. The molecule has 0 heterocycles. The summed E-state index contributed by atoms with van der Waals surface area (Å²) in [7, 11) is 1.64. The number of amides is 1. The first-order valence-corrected chi connectivity index (χ1v) is 10.2. The molecule has 0 spiro atoms. The Kier molecular flexibility index (Phi) is 4.99. The largest absolute Gasteiger partial charge is 0.495 e. The SMILES string of the molecule is COc1ccccc1NCC(=O)N(CCC#N)C12CC3CC(CC(C3)C1)C2. The van der Waals surface area contributed by atoms with E-state index < -0.39 is 0 Å². The van der Waals surface area contributed by atoms with Gasteiger partial charge in [-0.25, -0.2) is 0 Å². The van der Waals surface area contributed by atoms with E-state index in [1.54, 1.807) is 7.11 Å². The molecule has 4 bridgehead atoms. The third-order valence-electron chi connectivity index (χ3n) is 6.86. The zero-order valence-corrected chi connectivity index (χ0v) is 16.1. The number of nitrogens with zero attached hydrogens (tertiary/aromatic N) is 2. The quantitative estimate of drug-likeness (QED) is 0.796. The fraction of sp³-hybridized carbons (Fsp3) is 0.636. The lowest BCUT2D eigenvalue weighted by atomic mass is 9.52. The fourth-order valence-corrected chi connectivity index (χ4v) is 6.24. The molecule has 0 aliphatic heterocycles. The van der Waals surface area contributed by atoms with Gasteiger partial charge in [-0.3, -0.25) is 4.79 Å². The third kappa shape index (κ3) is 3.50. The first-order valence-electron chi connectivity index (χ1n) is 10.2. The van der Waals surface area contributed by atoms with Gasteiger partial charge in [0.15, 0.2) is 0 Å². The topological polar surface area (TPSA) is 65.4 Å². The van der Waals surface area contributed by atoms with E-state index in [0.717, 1.165) is 48.5 Å². The Balaban J connectivity index is 1.50. The van der Waals surface area contributed by atoms with Gasteiger partial charge in [-0.15, -0.1) is 0 Å². The predicted octanol–water partition coefficient (Wildman–Crippen LogP) is 3.82. The number of carbonyl (C=O) groups excluding carboxylic acids is 1. The molecule has 0 radical (unpaired) electrons. The minimum Gasteiger partial charge on any atom is -0.495 e. The summed E-state index contributed by atoms with van der Waals surface area (Å²) in [6.07, 6.45) is 7.83. The molecular weight excluding hydrogens is 338 g/mol. The van der Waals surface area contributed by atoms with Crippen molar-refractivity contribution in [3.8, 4) is 11.8 Å². The summed E-state index contributed by atoms with van der Waals surface area (Å²) in [6, 6.07) is 9.91. The van der Waals surface area contributed by atoms with Gasteiger partial charge >= 0.3 is 0 Å². The van der Waals surface area contributed by atoms with Gasteiger partial charge in [-0.05, 0) is 68.4 Å². The molecule has 1 aromatic carbocycles. The molecule has 5 rings (SSSR count). The Bertz CT molecular complexity index is 704. The summed E-state index contributed by atoms with van der Waals surface area (Å²) >= 11 is 0. The van der Waals surface area contributed by atoms with E-state index in [1.165, 1.54) is 19.3 Å². The van der Waals surface area contributed by atoms with Gasteiger partial charge in [0, 0.05) is 12.1 Å². The molecule has 4 aliphatic carbocycles. The number of ether oxygens (including phenoxy) is 1. The molecule has 0 saturated heterocycles. The highest BCUT2D eigenvalue weighted by molar-refractivity contribution is 5.82. The zero-order chi connectivity index (χ0) is 18.9. The predicted molar refractivity (Wildman–Crippen MR) is 104 cm³/mol. The van der Waals surface area contributed by atoms with Gasteiger partial charge in [-0.1, -0.05) is 12.1 Å². The number of rotatable bonds is 7. The molecule has 0 aromatic heterocycles. The number of nitrogens with one attached hydrogen (secondary N) is 1. The molecule has 1 N–H and O–H groups in total. The van der Waals surface area contributed by atoms with Crippen LogP contribution in [0.15, 0.2) is 24.3 Å². The first-order chi connectivity index (χ1) is 13.1. The van der Waals surface area contributed by atoms with Gasteiger partial charge in [0.1, 0.15) is 5.75 Å². The molecule has 4 fully saturated rings. The summed E-state index contributed by atoms with van der Waals surface area (Å²) in [5, 5.41) is 12.4. The monoisotopic (exact) mass is 367 g/mol. The van der Waals surface area contributed by atoms with Gasteiger partial charge in [0.2, 0.25) is 5.91 Å². The van der Waals surface area contributed by atoms with Crippen molar-refractivity contribution in [3.63, 3.8) is 0 Å². The van der Waals surface area contributed by atoms with Gasteiger partial charge < -0.3 is 15.0 Å². The molecule has 1 amide bonds. The van der Waals surface area contributed by atoms with Crippen LogP contribution in [0.2, 0.25) is 0 Å². The van der Waals surface area contributed by atoms with Gasteiger partial charge in [-0.2, -0.15) is 5.26 Å². The van der Waals surface area contributed by atoms with Crippen molar-refractivity contribution in [2.75, 3.05) is 25.5 Å². The minimum absolute atomic E-state index is 0.00879. The molecule has 4 saturated carbocycles. The van der Waals surface area contributed by atoms with Crippen LogP contribution in [0.3, 0.4) is 0 Å². The molecule has 144 valence electrons. The molecule has 5 heteroatoms. The number of carbonyl (C=O) groups is 1. The van der Waals surface area contributed by atoms with E-state index in [4.69, 9.17) is 10.00 Å². The van der Waals surface area contributed by atoms with Crippen LogP contribution >= 0.6 is 0 Å². The first kappa shape index (κ1) is 18.2. The van der Waals surface area contributed by atoms with E-state index in [0.29, 0.717) is 13.0 Å². The maximum atomic E-state index is 13.3. The number of hydrogen-bond acceptors (Lipinski definition) is 4. The van der Waals surface area contributed by atoms with E-state index in [-0.39, 0.29) is 18.0 Å². The van der Waals surface area contributed by atoms with Crippen molar-refractivity contribution in [2.45, 2.75) is 50.5 Å². The lowest BCUT2D eigenvalue weighted by Crippen LogP contribution is -2.62. The van der Waals surface area contributed by atoms with Gasteiger partial charge in [0.05, 0.1) is 31.8 Å². The van der Waals surface area contributed by atoms with Crippen LogP contribution in [-0.4, -0.2) is 36.5 Å². The summed E-state index contributed by atoms with van der Waals surface area (Å²) in [5.41, 5.74) is 0.824. The standard InChI is InChI=1S/C22H29N3O2/c1-27-20-6-3-2-5-19(20)24-15-21(26)25(8-4-7-23)22-12-16-9-17(13-22)11-18(10-16)14-22/h2-3,5-6,16-18,24H,4,8-15H2,1H3. The number of hydrogen-bond donors (Lipinski definition) is 1. The second-order valence-electron chi connectivity index (χ2n) is 8.65. The molecular formula is C22H29N3O2. The maximum absolute atomic E-state index is 13.3. The van der Waals surface area contributed by atoms with Crippen LogP contribution in [0.4, 0.5) is 5.69 Å². The number of anilines is 1. The van der Waals surface area contributed by atoms with Crippen LogP contribution in [0.25, 0.3) is 0 Å². The second kappa shape index (κ2) is 7.42. The molecule has 0 atom stereocenters. The van der Waals surface area contributed by atoms with Crippen LogP contribution in [-0.2, 0) is 4.79 Å². The van der Waals surface area contributed by atoms with Gasteiger partial charge in [0.25, 0.3) is 0 Å². The highest BCUT2D eigenvalue weighted by Crippen LogP contribution is 2.57. The average molecular weight is 367 g/mol. The van der Waals surface area contributed by atoms with Crippen molar-refractivity contribution in [1.29, 1.82) is 5.26 Å². The average Bonchev–Trinajstić information content (AvgIpc) is 2.65. The van der Waals surface area contributed by atoms with E-state index in [9.17, 15) is 4.79 Å². The fourth-order valence-electron chi connectivity index (χ4n) is 6.24. The molecule has 0 unspecified atom stereocenters. The highest BCUT2D eigenvalue weighted by atomic mass is 16.5. The summed E-state index contributed by atoms with van der Waals surface area (Å²) in [4.78, 5) is 15.3. The molecule has 5 nitrogen and oxygen atoms in total. The Morgan fingerprint density at radius 3 is 2.44 bits per heavy atom. The number of benzene rings is 1. The van der Waals surface area contributed by atoms with Crippen molar-refractivity contribution >= 4 is 11.6 Å². The Labute approximate surface area is 161 Å². The van der Waals surface area contributed by atoms with Crippen molar-refractivity contribution in [2.24, 2.45) is 17.8 Å². The van der Waals surface area contributed by atoms with E-state index >= 15 is 0 Å². The van der Waals surface area contributed by atoms with E-state index in [2.05, 4.69) is 16.3 Å². The smallest absolute Gasteiger partial charge is 0.242 e. The Morgan fingerprint density at radius 1 is 1.22 bits per heavy atom. The third-order valence-corrected chi connectivity index (χ3v) is 6.86. The molecule has 27 heavy (non-hydrogen) atoms. The molecule has 1 aromatic rings. The van der Waals surface area contributed by atoms with Crippen LogP contribution < -0.4 is 10.1 Å². The van der Waals surface area contributed by atoms with Crippen LogP contribution in [0.5, 0.6) is 5.75 Å². The van der Waals surface area contributed by atoms with Crippen LogP contribution in [0.1, 0.15) is 44.9 Å². The number of para-hydroxylation sites is 2. The maximum Gasteiger partial charge on any atom is 0.242 e. The minimum atomic E-state index is -0.00879. The molecule has 4 aliphatic rings. The Morgan fingerprint density at radius 2 is 1.85 bits per heavy atom. The number of methoxy groups -OCH3 is 1. The summed E-state index contributed by atoms with van der Waals surface area (Å²) in [5.74, 6) is 3.17. The normalized spacial score (nSPS) is 30.6.